The Labute approximate surface area is 139 Å². The zero-order chi connectivity index (χ0) is 15.9. The summed E-state index contributed by atoms with van der Waals surface area (Å²) in [6, 6.07) is 3.88. The SMILES string of the molecule is O=C(NCCSC1CCCCC1)c1cc([N+](=O)[O-])ccc1Cl. The highest BCUT2D eigenvalue weighted by Gasteiger charge is 2.16. The molecule has 0 heterocycles. The number of halogens is 1. The van der Waals surface area contributed by atoms with Gasteiger partial charge in [0.25, 0.3) is 11.6 Å². The van der Waals surface area contributed by atoms with Crippen molar-refractivity contribution in [3.63, 3.8) is 0 Å². The molecule has 1 aromatic rings. The molecule has 5 nitrogen and oxygen atoms in total. The lowest BCUT2D eigenvalue weighted by Crippen LogP contribution is -2.26. The minimum atomic E-state index is -0.536. The molecule has 120 valence electrons. The molecule has 2 rings (SSSR count). The number of non-ortho nitro benzene ring substituents is 1. The van der Waals surface area contributed by atoms with Gasteiger partial charge in [0, 0.05) is 29.7 Å². The van der Waals surface area contributed by atoms with Gasteiger partial charge in [0.05, 0.1) is 15.5 Å². The number of rotatable bonds is 6. The van der Waals surface area contributed by atoms with Crippen molar-refractivity contribution in [3.8, 4) is 0 Å². The third-order valence-electron chi connectivity index (χ3n) is 3.70. The van der Waals surface area contributed by atoms with Crippen LogP contribution in [0, 0.1) is 10.1 Å². The Morgan fingerprint density at radius 2 is 2.09 bits per heavy atom. The number of nitrogens with zero attached hydrogens (tertiary/aromatic N) is 1. The lowest BCUT2D eigenvalue weighted by molar-refractivity contribution is -0.384. The van der Waals surface area contributed by atoms with E-state index in [0.29, 0.717) is 11.8 Å². The fraction of sp³-hybridized carbons (Fsp3) is 0.533. The highest BCUT2D eigenvalue weighted by atomic mass is 35.5. The molecule has 0 unspecified atom stereocenters. The molecule has 0 atom stereocenters. The first kappa shape index (κ1) is 17.1. The number of benzene rings is 1. The van der Waals surface area contributed by atoms with Gasteiger partial charge in [-0.1, -0.05) is 30.9 Å². The van der Waals surface area contributed by atoms with E-state index in [1.807, 2.05) is 11.8 Å². The van der Waals surface area contributed by atoms with Crippen LogP contribution in [0.1, 0.15) is 42.5 Å². The molecule has 0 bridgehead atoms. The number of hydrogen-bond acceptors (Lipinski definition) is 4. The van der Waals surface area contributed by atoms with Gasteiger partial charge in [-0.2, -0.15) is 11.8 Å². The van der Waals surface area contributed by atoms with Gasteiger partial charge in [-0.3, -0.25) is 14.9 Å². The molecular weight excluding hydrogens is 324 g/mol. The van der Waals surface area contributed by atoms with Gasteiger partial charge in [0.15, 0.2) is 0 Å². The summed E-state index contributed by atoms with van der Waals surface area (Å²) in [6.45, 7) is 0.541. The molecule has 1 saturated carbocycles. The first-order valence-corrected chi connectivity index (χ1v) is 8.84. The summed E-state index contributed by atoms with van der Waals surface area (Å²) in [5, 5.41) is 14.5. The zero-order valence-electron chi connectivity index (χ0n) is 12.2. The molecule has 22 heavy (non-hydrogen) atoms. The van der Waals surface area contributed by atoms with E-state index in [4.69, 9.17) is 11.6 Å². The highest BCUT2D eigenvalue weighted by Crippen LogP contribution is 2.27. The lowest BCUT2D eigenvalue weighted by Gasteiger charge is -2.20. The third-order valence-corrected chi connectivity index (χ3v) is 5.41. The van der Waals surface area contributed by atoms with Gasteiger partial charge in [-0.25, -0.2) is 0 Å². The van der Waals surface area contributed by atoms with Crippen LogP contribution in [-0.2, 0) is 0 Å². The summed E-state index contributed by atoms with van der Waals surface area (Å²) in [5.74, 6) is 0.487. The van der Waals surface area contributed by atoms with Crippen LogP contribution in [0.15, 0.2) is 18.2 Å². The molecular formula is C15H19ClN2O3S. The number of carbonyl (C=O) groups is 1. The smallest absolute Gasteiger partial charge is 0.270 e. The fourth-order valence-corrected chi connectivity index (χ4v) is 3.94. The standard InChI is InChI=1S/C15H19ClN2O3S/c16-14-7-6-11(18(20)21)10-13(14)15(19)17-8-9-22-12-4-2-1-3-5-12/h6-7,10,12H,1-5,8-9H2,(H,17,19). The van der Waals surface area contributed by atoms with Gasteiger partial charge < -0.3 is 5.32 Å². The Hall–Kier alpha value is -1.27. The van der Waals surface area contributed by atoms with Crippen molar-refractivity contribution in [3.05, 3.63) is 38.9 Å². The molecule has 1 fully saturated rings. The van der Waals surface area contributed by atoms with Crippen molar-refractivity contribution in [2.75, 3.05) is 12.3 Å². The molecule has 0 saturated heterocycles. The van der Waals surface area contributed by atoms with E-state index in [1.54, 1.807) is 0 Å². The molecule has 1 amide bonds. The minimum Gasteiger partial charge on any atom is -0.351 e. The van der Waals surface area contributed by atoms with Crippen LogP contribution < -0.4 is 5.32 Å². The van der Waals surface area contributed by atoms with Crippen LogP contribution in [0.3, 0.4) is 0 Å². The Bertz CT molecular complexity index is 548. The fourth-order valence-electron chi connectivity index (χ4n) is 2.52. The third kappa shape index (κ3) is 4.88. The maximum Gasteiger partial charge on any atom is 0.270 e. The summed E-state index contributed by atoms with van der Waals surface area (Å²) >= 11 is 7.83. The Morgan fingerprint density at radius 3 is 2.77 bits per heavy atom. The molecule has 0 radical (unpaired) electrons. The van der Waals surface area contributed by atoms with Crippen molar-refractivity contribution >= 4 is 35.0 Å². The maximum atomic E-state index is 12.1. The normalized spacial score (nSPS) is 15.5. The summed E-state index contributed by atoms with van der Waals surface area (Å²) in [7, 11) is 0. The van der Waals surface area contributed by atoms with Gasteiger partial charge in [-0.05, 0) is 18.9 Å². The predicted molar refractivity (Wildman–Crippen MR) is 89.8 cm³/mol. The van der Waals surface area contributed by atoms with E-state index >= 15 is 0 Å². The number of nitro groups is 1. The Kier molecular flexibility index (Phi) is 6.51. The molecule has 1 aliphatic carbocycles. The van der Waals surface area contributed by atoms with Gasteiger partial charge >= 0.3 is 0 Å². The molecule has 0 spiro atoms. The molecule has 7 heteroatoms. The number of hydrogen-bond donors (Lipinski definition) is 1. The van der Waals surface area contributed by atoms with Crippen LogP contribution in [0.5, 0.6) is 0 Å². The van der Waals surface area contributed by atoms with Crippen molar-refractivity contribution < 1.29 is 9.72 Å². The highest BCUT2D eigenvalue weighted by molar-refractivity contribution is 7.99. The van der Waals surface area contributed by atoms with Gasteiger partial charge in [0.2, 0.25) is 0 Å². The second-order valence-electron chi connectivity index (χ2n) is 5.31. The second-order valence-corrected chi connectivity index (χ2v) is 7.12. The number of nitrogens with one attached hydrogen (secondary N) is 1. The summed E-state index contributed by atoms with van der Waals surface area (Å²) in [4.78, 5) is 22.3. The minimum absolute atomic E-state index is 0.133. The van der Waals surface area contributed by atoms with E-state index in [1.165, 1.54) is 50.3 Å². The van der Waals surface area contributed by atoms with E-state index in [9.17, 15) is 14.9 Å². The molecule has 1 aliphatic rings. The summed E-state index contributed by atoms with van der Waals surface area (Å²) in [6.07, 6.45) is 6.45. The Morgan fingerprint density at radius 1 is 1.36 bits per heavy atom. The zero-order valence-corrected chi connectivity index (χ0v) is 13.8. The van der Waals surface area contributed by atoms with Crippen molar-refractivity contribution in [1.29, 1.82) is 0 Å². The Balaban J connectivity index is 1.81. The average Bonchev–Trinajstić information content (AvgIpc) is 2.52. The van der Waals surface area contributed by atoms with Crippen molar-refractivity contribution in [2.24, 2.45) is 0 Å². The van der Waals surface area contributed by atoms with Crippen LogP contribution in [-0.4, -0.2) is 28.4 Å². The van der Waals surface area contributed by atoms with Gasteiger partial charge in [0.1, 0.15) is 0 Å². The number of amides is 1. The molecule has 1 N–H and O–H groups in total. The average molecular weight is 343 g/mol. The van der Waals surface area contributed by atoms with Crippen molar-refractivity contribution in [2.45, 2.75) is 37.4 Å². The van der Waals surface area contributed by atoms with Crippen LogP contribution in [0.2, 0.25) is 5.02 Å². The van der Waals surface area contributed by atoms with Crippen LogP contribution in [0.4, 0.5) is 5.69 Å². The van der Waals surface area contributed by atoms with E-state index < -0.39 is 4.92 Å². The number of nitro benzene ring substituents is 1. The van der Waals surface area contributed by atoms with Gasteiger partial charge in [-0.15, -0.1) is 0 Å². The van der Waals surface area contributed by atoms with Crippen LogP contribution >= 0.6 is 23.4 Å². The molecule has 1 aromatic carbocycles. The molecule has 0 aliphatic heterocycles. The monoisotopic (exact) mass is 342 g/mol. The topological polar surface area (TPSA) is 72.2 Å². The van der Waals surface area contributed by atoms with E-state index in [-0.39, 0.29) is 22.2 Å². The quantitative estimate of drug-likeness (QED) is 0.481. The van der Waals surface area contributed by atoms with E-state index in [2.05, 4.69) is 5.32 Å². The first-order valence-electron chi connectivity index (χ1n) is 7.41. The largest absolute Gasteiger partial charge is 0.351 e. The number of carbonyl (C=O) groups excluding carboxylic acids is 1. The second kappa shape index (κ2) is 8.39. The summed E-state index contributed by atoms with van der Waals surface area (Å²) < 4.78 is 0. The van der Waals surface area contributed by atoms with E-state index in [0.717, 1.165) is 5.75 Å². The van der Waals surface area contributed by atoms with Crippen LogP contribution in [0.25, 0.3) is 0 Å². The van der Waals surface area contributed by atoms with Crippen molar-refractivity contribution in [1.82, 2.24) is 5.32 Å². The predicted octanol–water partition coefficient (Wildman–Crippen LogP) is 4.04. The lowest BCUT2D eigenvalue weighted by atomic mass is 10.0. The maximum absolute atomic E-state index is 12.1. The number of thioether (sulfide) groups is 1. The molecule has 0 aromatic heterocycles. The summed E-state index contributed by atoms with van der Waals surface area (Å²) in [5.41, 5.74) is 0.0182. The first-order chi connectivity index (χ1) is 10.6.